The number of halogens is 2. The number of amides is 1. The van der Waals surface area contributed by atoms with E-state index >= 15 is 0 Å². The third-order valence-corrected chi connectivity index (χ3v) is 6.61. The van der Waals surface area contributed by atoms with Crippen LogP contribution in [0.25, 0.3) is 0 Å². The van der Waals surface area contributed by atoms with Crippen molar-refractivity contribution in [1.82, 2.24) is 10.6 Å². The first-order chi connectivity index (χ1) is 18.0. The molecule has 3 aromatic rings. The van der Waals surface area contributed by atoms with Gasteiger partial charge in [-0.25, -0.2) is 8.78 Å². The summed E-state index contributed by atoms with van der Waals surface area (Å²) in [6.07, 6.45) is 1.03. The Morgan fingerprint density at radius 3 is 2.29 bits per heavy atom. The molecule has 1 fully saturated rings. The second-order valence-electron chi connectivity index (χ2n) is 11.1. The summed E-state index contributed by atoms with van der Waals surface area (Å²) in [4.78, 5) is 12.8. The van der Waals surface area contributed by atoms with E-state index in [2.05, 4.69) is 10.6 Å². The van der Waals surface area contributed by atoms with Gasteiger partial charge >= 0.3 is 0 Å². The van der Waals surface area contributed by atoms with E-state index in [0.29, 0.717) is 5.56 Å². The second kappa shape index (κ2) is 11.6. The van der Waals surface area contributed by atoms with Crippen molar-refractivity contribution in [3.63, 3.8) is 0 Å². The highest BCUT2D eigenvalue weighted by Crippen LogP contribution is 2.46. The molecule has 0 aliphatic heterocycles. The quantitative estimate of drug-likeness (QED) is 0.330. The van der Waals surface area contributed by atoms with Crippen LogP contribution in [0.4, 0.5) is 8.78 Å². The van der Waals surface area contributed by atoms with E-state index in [-0.39, 0.29) is 36.4 Å². The SMILES string of the molecule is CC(C)(C)Oc1cccc(C2(NCC(O)C(Cc3cc(F)cc(F)c3)NC(=O)Cc3ccccc3)CC2)c1. The number of hydrogen-bond acceptors (Lipinski definition) is 4. The summed E-state index contributed by atoms with van der Waals surface area (Å²) in [6, 6.07) is 19.7. The first-order valence-corrected chi connectivity index (χ1v) is 13.0. The third kappa shape index (κ3) is 7.85. The van der Waals surface area contributed by atoms with E-state index in [1.54, 1.807) is 0 Å². The summed E-state index contributed by atoms with van der Waals surface area (Å²) < 4.78 is 33.7. The summed E-state index contributed by atoms with van der Waals surface area (Å²) in [5, 5.41) is 17.6. The van der Waals surface area contributed by atoms with Gasteiger partial charge in [-0.1, -0.05) is 42.5 Å². The largest absolute Gasteiger partial charge is 0.488 e. The average molecular weight is 523 g/mol. The molecule has 0 heterocycles. The Labute approximate surface area is 223 Å². The van der Waals surface area contributed by atoms with Gasteiger partial charge in [-0.15, -0.1) is 0 Å². The van der Waals surface area contributed by atoms with Crippen molar-refractivity contribution in [2.75, 3.05) is 6.54 Å². The van der Waals surface area contributed by atoms with Gasteiger partial charge in [-0.2, -0.15) is 0 Å². The van der Waals surface area contributed by atoms with Crippen molar-refractivity contribution in [3.8, 4) is 5.75 Å². The van der Waals surface area contributed by atoms with Crippen LogP contribution in [0.5, 0.6) is 5.75 Å². The van der Waals surface area contributed by atoms with Gasteiger partial charge in [0.25, 0.3) is 0 Å². The lowest BCUT2D eigenvalue weighted by Crippen LogP contribution is -2.50. The summed E-state index contributed by atoms with van der Waals surface area (Å²) in [5.74, 6) is -0.888. The maximum Gasteiger partial charge on any atom is 0.224 e. The fourth-order valence-corrected chi connectivity index (χ4v) is 4.65. The van der Waals surface area contributed by atoms with Gasteiger partial charge in [0.15, 0.2) is 0 Å². The highest BCUT2D eigenvalue weighted by Gasteiger charge is 2.44. The number of hydrogen-bond donors (Lipinski definition) is 3. The van der Waals surface area contributed by atoms with Crippen molar-refractivity contribution >= 4 is 5.91 Å². The molecule has 0 spiro atoms. The molecule has 0 bridgehead atoms. The Bertz CT molecular complexity index is 1220. The molecule has 2 atom stereocenters. The summed E-state index contributed by atoms with van der Waals surface area (Å²) >= 11 is 0. The van der Waals surface area contributed by atoms with Crippen LogP contribution in [0.1, 0.15) is 50.3 Å². The van der Waals surface area contributed by atoms with Crippen molar-refractivity contribution in [2.24, 2.45) is 0 Å². The number of benzene rings is 3. The van der Waals surface area contributed by atoms with Gasteiger partial charge < -0.3 is 20.5 Å². The number of nitrogens with one attached hydrogen (secondary N) is 2. The van der Waals surface area contributed by atoms with Gasteiger partial charge in [0, 0.05) is 18.2 Å². The molecule has 1 aliphatic carbocycles. The molecule has 3 N–H and O–H groups in total. The van der Waals surface area contributed by atoms with E-state index in [9.17, 15) is 18.7 Å². The maximum absolute atomic E-state index is 13.9. The molecule has 1 saturated carbocycles. The first kappa shape index (κ1) is 27.7. The molecule has 4 rings (SSSR count). The van der Waals surface area contributed by atoms with Gasteiger partial charge in [0.2, 0.25) is 5.91 Å². The molecule has 3 aromatic carbocycles. The third-order valence-electron chi connectivity index (χ3n) is 6.61. The predicted octanol–water partition coefficient (Wildman–Crippen LogP) is 5.05. The summed E-state index contributed by atoms with van der Waals surface area (Å²) in [6.45, 7) is 6.19. The van der Waals surface area contributed by atoms with Crippen LogP contribution in [0.15, 0.2) is 72.8 Å². The zero-order valence-electron chi connectivity index (χ0n) is 22.1. The Morgan fingerprint density at radius 1 is 0.974 bits per heavy atom. The minimum absolute atomic E-state index is 0.0833. The normalized spacial score (nSPS) is 15.9. The van der Waals surface area contributed by atoms with E-state index < -0.39 is 23.8 Å². The molecule has 1 amide bonds. The number of rotatable bonds is 11. The van der Waals surface area contributed by atoms with E-state index in [0.717, 1.165) is 35.8 Å². The van der Waals surface area contributed by atoms with Gasteiger partial charge in [0.05, 0.1) is 18.6 Å². The average Bonchev–Trinajstić information content (AvgIpc) is 3.62. The van der Waals surface area contributed by atoms with Gasteiger partial charge in [0.1, 0.15) is 23.0 Å². The molecule has 0 saturated heterocycles. The molecule has 7 heteroatoms. The molecular weight excluding hydrogens is 486 g/mol. The van der Waals surface area contributed by atoms with Crippen LogP contribution in [0, 0.1) is 11.6 Å². The molecule has 0 aromatic heterocycles. The first-order valence-electron chi connectivity index (χ1n) is 13.0. The van der Waals surface area contributed by atoms with Crippen LogP contribution in [0.2, 0.25) is 0 Å². The standard InChI is InChI=1S/C31H36F2N2O3/c1-30(2,3)38-26-11-7-10-23(18-26)31(12-13-31)34-20-28(36)27(16-22-14-24(32)19-25(33)15-22)35-29(37)17-21-8-5-4-6-9-21/h4-11,14-15,18-19,27-28,34,36H,12-13,16-17,20H2,1-3H3,(H,35,37). The number of carbonyl (C=O) groups is 1. The van der Waals surface area contributed by atoms with Gasteiger partial charge in [-0.3, -0.25) is 4.79 Å². The number of ether oxygens (including phenoxy) is 1. The van der Waals surface area contributed by atoms with Gasteiger partial charge in [-0.05, 0) is 81.0 Å². The lowest BCUT2D eigenvalue weighted by Gasteiger charge is -2.28. The van der Waals surface area contributed by atoms with Crippen LogP contribution >= 0.6 is 0 Å². The van der Waals surface area contributed by atoms with E-state index in [4.69, 9.17) is 4.74 Å². The van der Waals surface area contributed by atoms with Crippen molar-refractivity contribution in [1.29, 1.82) is 0 Å². The fraction of sp³-hybridized carbons (Fsp3) is 0.387. The van der Waals surface area contributed by atoms with Crippen LogP contribution < -0.4 is 15.4 Å². The highest BCUT2D eigenvalue weighted by molar-refractivity contribution is 5.79. The topological polar surface area (TPSA) is 70.6 Å². The smallest absolute Gasteiger partial charge is 0.224 e. The molecule has 38 heavy (non-hydrogen) atoms. The summed E-state index contributed by atoms with van der Waals surface area (Å²) in [7, 11) is 0. The Hall–Kier alpha value is -3.29. The minimum atomic E-state index is -0.993. The Balaban J connectivity index is 1.46. The molecule has 2 unspecified atom stereocenters. The molecule has 0 radical (unpaired) electrons. The molecule has 5 nitrogen and oxygen atoms in total. The lowest BCUT2D eigenvalue weighted by molar-refractivity contribution is -0.122. The number of aliphatic hydroxyl groups is 1. The Morgan fingerprint density at radius 2 is 1.66 bits per heavy atom. The maximum atomic E-state index is 13.9. The number of aliphatic hydroxyl groups excluding tert-OH is 1. The van der Waals surface area contributed by atoms with Crippen molar-refractivity contribution in [3.05, 3.63) is 101 Å². The van der Waals surface area contributed by atoms with Crippen LogP contribution in [-0.4, -0.2) is 35.3 Å². The number of carbonyl (C=O) groups excluding carboxylic acids is 1. The molecule has 202 valence electrons. The zero-order chi connectivity index (χ0) is 27.3. The molecule has 1 aliphatic rings. The monoisotopic (exact) mass is 522 g/mol. The van der Waals surface area contributed by atoms with E-state index in [1.807, 2.05) is 75.4 Å². The highest BCUT2D eigenvalue weighted by atomic mass is 19.1. The van der Waals surface area contributed by atoms with Crippen LogP contribution in [-0.2, 0) is 23.2 Å². The lowest BCUT2D eigenvalue weighted by atomic mass is 9.99. The fourth-order valence-electron chi connectivity index (χ4n) is 4.65. The van der Waals surface area contributed by atoms with Crippen molar-refractivity contribution in [2.45, 2.75) is 69.7 Å². The minimum Gasteiger partial charge on any atom is -0.488 e. The Kier molecular flexibility index (Phi) is 8.48. The zero-order valence-corrected chi connectivity index (χ0v) is 22.1. The van der Waals surface area contributed by atoms with E-state index in [1.165, 1.54) is 12.1 Å². The second-order valence-corrected chi connectivity index (χ2v) is 11.1. The predicted molar refractivity (Wildman–Crippen MR) is 144 cm³/mol. The molecular formula is C31H36F2N2O3. The summed E-state index contributed by atoms with van der Waals surface area (Å²) in [5.41, 5.74) is 1.66. The van der Waals surface area contributed by atoms with Crippen LogP contribution in [0.3, 0.4) is 0 Å². The van der Waals surface area contributed by atoms with Crippen molar-refractivity contribution < 1.29 is 23.4 Å².